The van der Waals surface area contributed by atoms with Gasteiger partial charge in [0.2, 0.25) is 0 Å². The van der Waals surface area contributed by atoms with Crippen LogP contribution >= 0.6 is 0 Å². The van der Waals surface area contributed by atoms with Gasteiger partial charge in [0.05, 0.1) is 0 Å². The van der Waals surface area contributed by atoms with Crippen molar-refractivity contribution in [3.63, 3.8) is 0 Å². The van der Waals surface area contributed by atoms with Crippen molar-refractivity contribution in [2.24, 2.45) is 5.73 Å². The molecule has 0 saturated carbocycles. The van der Waals surface area contributed by atoms with Crippen LogP contribution in [0.3, 0.4) is 0 Å². The minimum Gasteiger partial charge on any atom is -0.322 e. The molecule has 154 valence electrons. The summed E-state index contributed by atoms with van der Waals surface area (Å²) in [6, 6.07) is 7.81. The molecule has 0 unspecified atom stereocenters. The fourth-order valence-electron chi connectivity index (χ4n) is 3.73. The van der Waals surface area contributed by atoms with Crippen molar-refractivity contribution in [3.05, 3.63) is 35.4 Å². The maximum atomic E-state index is 12.6. The van der Waals surface area contributed by atoms with E-state index < -0.39 is 5.54 Å². The van der Waals surface area contributed by atoms with Crippen LogP contribution in [-0.4, -0.2) is 5.78 Å². The van der Waals surface area contributed by atoms with Crippen LogP contribution in [0.4, 0.5) is 0 Å². The van der Waals surface area contributed by atoms with Gasteiger partial charge in [0.1, 0.15) is 0 Å². The Bertz CT molecular complexity index is 515. The second kappa shape index (κ2) is 13.9. The van der Waals surface area contributed by atoms with Gasteiger partial charge in [0, 0.05) is 17.5 Å². The van der Waals surface area contributed by atoms with E-state index in [1.54, 1.807) is 0 Å². The molecule has 1 rings (SSSR count). The lowest BCUT2D eigenvalue weighted by molar-refractivity contribution is 0.0976. The first-order valence-electron chi connectivity index (χ1n) is 11.4. The van der Waals surface area contributed by atoms with Crippen LogP contribution < -0.4 is 5.73 Å². The number of unbranched alkanes of at least 4 members (excludes halogenated alkanes) is 12. The standard InChI is InChI=1S/C25H43NO/c1-4-5-6-7-8-9-10-11-12-13-14-15-16-21-24(27)22-19-17-18-20-23(22)25(2,3)26/h17-20H,4-16,21,26H2,1-3H3. The van der Waals surface area contributed by atoms with Crippen LogP contribution in [0.15, 0.2) is 24.3 Å². The highest BCUT2D eigenvalue weighted by Crippen LogP contribution is 2.23. The quantitative estimate of drug-likeness (QED) is 0.240. The largest absolute Gasteiger partial charge is 0.322 e. The van der Waals surface area contributed by atoms with E-state index in [4.69, 9.17) is 5.73 Å². The Morgan fingerprint density at radius 3 is 1.70 bits per heavy atom. The summed E-state index contributed by atoms with van der Waals surface area (Å²) >= 11 is 0. The van der Waals surface area contributed by atoms with Crippen molar-refractivity contribution in [2.75, 3.05) is 0 Å². The van der Waals surface area contributed by atoms with E-state index in [0.717, 1.165) is 24.0 Å². The third kappa shape index (κ3) is 10.7. The first-order chi connectivity index (χ1) is 13.0. The van der Waals surface area contributed by atoms with Crippen LogP contribution in [0.25, 0.3) is 0 Å². The maximum absolute atomic E-state index is 12.6. The minimum atomic E-state index is -0.470. The molecular weight excluding hydrogens is 330 g/mol. The Morgan fingerprint density at radius 1 is 0.778 bits per heavy atom. The van der Waals surface area contributed by atoms with Crippen LogP contribution in [-0.2, 0) is 5.54 Å². The smallest absolute Gasteiger partial charge is 0.163 e. The molecule has 0 aliphatic heterocycles. The van der Waals surface area contributed by atoms with Crippen molar-refractivity contribution >= 4 is 5.78 Å². The van der Waals surface area contributed by atoms with Gasteiger partial charge in [0.25, 0.3) is 0 Å². The molecule has 0 spiro atoms. The zero-order valence-corrected chi connectivity index (χ0v) is 18.2. The van der Waals surface area contributed by atoms with E-state index in [9.17, 15) is 4.79 Å². The van der Waals surface area contributed by atoms with Crippen molar-refractivity contribution in [1.82, 2.24) is 0 Å². The molecule has 0 amide bonds. The molecule has 0 aromatic heterocycles. The third-order valence-electron chi connectivity index (χ3n) is 5.43. The number of ketones is 1. The summed E-state index contributed by atoms with van der Waals surface area (Å²) in [6.45, 7) is 6.20. The Labute approximate surface area is 168 Å². The number of rotatable bonds is 16. The van der Waals surface area contributed by atoms with E-state index in [1.165, 1.54) is 70.6 Å². The zero-order valence-electron chi connectivity index (χ0n) is 18.2. The van der Waals surface area contributed by atoms with Crippen LogP contribution in [0.2, 0.25) is 0 Å². The molecule has 0 saturated heterocycles. The minimum absolute atomic E-state index is 0.243. The number of carbonyl (C=O) groups excluding carboxylic acids is 1. The van der Waals surface area contributed by atoms with Gasteiger partial charge < -0.3 is 5.73 Å². The normalized spacial score (nSPS) is 11.7. The lowest BCUT2D eigenvalue weighted by atomic mass is 9.88. The highest BCUT2D eigenvalue weighted by atomic mass is 16.1. The van der Waals surface area contributed by atoms with Crippen LogP contribution in [0, 0.1) is 0 Å². The molecule has 2 N–H and O–H groups in total. The van der Waals surface area contributed by atoms with Gasteiger partial charge in [-0.15, -0.1) is 0 Å². The Hall–Kier alpha value is -1.15. The predicted octanol–water partition coefficient (Wildman–Crippen LogP) is 7.54. The van der Waals surface area contributed by atoms with E-state index >= 15 is 0 Å². The molecule has 2 nitrogen and oxygen atoms in total. The monoisotopic (exact) mass is 373 g/mol. The molecule has 1 aromatic rings. The van der Waals surface area contributed by atoms with Crippen molar-refractivity contribution in [3.8, 4) is 0 Å². The van der Waals surface area contributed by atoms with Gasteiger partial charge in [-0.3, -0.25) is 4.79 Å². The van der Waals surface area contributed by atoms with Crippen molar-refractivity contribution in [2.45, 2.75) is 116 Å². The summed E-state index contributed by atoms with van der Waals surface area (Å²) in [7, 11) is 0. The number of hydrogen-bond acceptors (Lipinski definition) is 2. The molecular formula is C25H43NO. The van der Waals surface area contributed by atoms with Gasteiger partial charge in [-0.25, -0.2) is 0 Å². The Balaban J connectivity index is 2.07. The highest BCUT2D eigenvalue weighted by molar-refractivity contribution is 5.97. The Morgan fingerprint density at radius 2 is 1.22 bits per heavy atom. The topological polar surface area (TPSA) is 43.1 Å². The van der Waals surface area contributed by atoms with Gasteiger partial charge in [-0.1, -0.05) is 108 Å². The second-order valence-electron chi connectivity index (χ2n) is 8.68. The molecule has 0 bridgehead atoms. The lowest BCUT2D eigenvalue weighted by Gasteiger charge is -2.22. The summed E-state index contributed by atoms with van der Waals surface area (Å²) in [4.78, 5) is 12.6. The molecule has 0 fully saturated rings. The van der Waals surface area contributed by atoms with E-state index in [2.05, 4.69) is 6.92 Å². The van der Waals surface area contributed by atoms with Gasteiger partial charge in [-0.05, 0) is 25.8 Å². The highest BCUT2D eigenvalue weighted by Gasteiger charge is 2.21. The first-order valence-corrected chi connectivity index (χ1v) is 11.4. The number of nitrogens with two attached hydrogens (primary N) is 1. The molecule has 0 heterocycles. The SMILES string of the molecule is CCCCCCCCCCCCCCCC(=O)c1ccccc1C(C)(C)N. The summed E-state index contributed by atoms with van der Waals surface area (Å²) in [5.41, 5.74) is 7.52. The summed E-state index contributed by atoms with van der Waals surface area (Å²) in [5.74, 6) is 0.243. The molecule has 1 aromatic carbocycles. The number of Topliss-reactive ketones (excluding diaryl/α,β-unsaturated/α-hetero) is 1. The molecule has 0 aliphatic rings. The van der Waals surface area contributed by atoms with E-state index in [1.807, 2.05) is 38.1 Å². The summed E-state index contributed by atoms with van der Waals surface area (Å²) in [6.07, 6.45) is 17.9. The van der Waals surface area contributed by atoms with E-state index in [0.29, 0.717) is 6.42 Å². The van der Waals surface area contributed by atoms with Crippen molar-refractivity contribution < 1.29 is 4.79 Å². The first kappa shape index (κ1) is 23.9. The molecule has 0 atom stereocenters. The van der Waals surface area contributed by atoms with Crippen LogP contribution in [0.5, 0.6) is 0 Å². The van der Waals surface area contributed by atoms with Gasteiger partial charge in [0.15, 0.2) is 5.78 Å². The van der Waals surface area contributed by atoms with Crippen LogP contribution in [0.1, 0.15) is 127 Å². The Kier molecular flexibility index (Phi) is 12.3. The van der Waals surface area contributed by atoms with E-state index in [-0.39, 0.29) is 5.78 Å². The molecule has 0 aliphatic carbocycles. The average molecular weight is 374 g/mol. The molecule has 27 heavy (non-hydrogen) atoms. The lowest BCUT2D eigenvalue weighted by Crippen LogP contribution is -2.30. The number of benzene rings is 1. The zero-order chi connectivity index (χ0) is 20.0. The third-order valence-corrected chi connectivity index (χ3v) is 5.43. The maximum Gasteiger partial charge on any atom is 0.163 e. The molecule has 0 radical (unpaired) electrons. The van der Waals surface area contributed by atoms with Crippen molar-refractivity contribution in [1.29, 1.82) is 0 Å². The number of carbonyl (C=O) groups is 1. The van der Waals surface area contributed by atoms with Gasteiger partial charge >= 0.3 is 0 Å². The predicted molar refractivity (Wildman–Crippen MR) is 118 cm³/mol. The average Bonchev–Trinajstić information content (AvgIpc) is 2.64. The van der Waals surface area contributed by atoms with Gasteiger partial charge in [-0.2, -0.15) is 0 Å². The summed E-state index contributed by atoms with van der Waals surface area (Å²) in [5, 5.41) is 0. The fraction of sp³-hybridized carbons (Fsp3) is 0.720. The fourth-order valence-corrected chi connectivity index (χ4v) is 3.73. The molecule has 2 heteroatoms. The number of hydrogen-bond donors (Lipinski definition) is 1. The summed E-state index contributed by atoms with van der Waals surface area (Å²) < 4.78 is 0. The second-order valence-corrected chi connectivity index (χ2v) is 8.68.